The first kappa shape index (κ1) is 11.9. The lowest BCUT2D eigenvalue weighted by Crippen LogP contribution is -2.13. The number of para-hydroxylation sites is 2. The molecular weight excluding hydrogens is 242 g/mol. The van der Waals surface area contributed by atoms with Crippen molar-refractivity contribution in [2.24, 2.45) is 0 Å². The lowest BCUT2D eigenvalue weighted by Gasteiger charge is -2.08. The van der Waals surface area contributed by atoms with E-state index in [4.69, 9.17) is 9.47 Å². The van der Waals surface area contributed by atoms with Gasteiger partial charge in [0.1, 0.15) is 5.75 Å². The van der Waals surface area contributed by atoms with E-state index < -0.39 is 0 Å². The molecule has 98 valence electrons. The predicted octanol–water partition coefficient (Wildman–Crippen LogP) is 2.41. The minimum absolute atomic E-state index is 0.284. The van der Waals surface area contributed by atoms with Gasteiger partial charge >= 0.3 is 0 Å². The van der Waals surface area contributed by atoms with Crippen LogP contribution in [0, 0.1) is 0 Å². The van der Waals surface area contributed by atoms with Crippen LogP contribution in [-0.2, 0) is 13.1 Å². The van der Waals surface area contributed by atoms with Crippen molar-refractivity contribution < 1.29 is 14.6 Å². The predicted molar refractivity (Wildman–Crippen MR) is 71.2 cm³/mol. The van der Waals surface area contributed by atoms with Crippen LogP contribution in [0.3, 0.4) is 0 Å². The number of rotatable bonds is 4. The van der Waals surface area contributed by atoms with Gasteiger partial charge in [-0.2, -0.15) is 0 Å². The first-order chi connectivity index (χ1) is 9.34. The quantitative estimate of drug-likeness (QED) is 0.883. The van der Waals surface area contributed by atoms with Crippen LogP contribution in [0.1, 0.15) is 11.1 Å². The number of phenolic OH excluding ortho intramolecular Hbond substituents is 1. The first-order valence-electron chi connectivity index (χ1n) is 6.19. The van der Waals surface area contributed by atoms with Crippen molar-refractivity contribution in [2.75, 3.05) is 6.79 Å². The highest BCUT2D eigenvalue weighted by Gasteiger charge is 2.16. The van der Waals surface area contributed by atoms with Crippen LogP contribution in [0.15, 0.2) is 42.5 Å². The van der Waals surface area contributed by atoms with Crippen molar-refractivity contribution in [3.63, 3.8) is 0 Å². The Labute approximate surface area is 111 Å². The summed E-state index contributed by atoms with van der Waals surface area (Å²) in [6.07, 6.45) is 0. The zero-order valence-electron chi connectivity index (χ0n) is 10.4. The van der Waals surface area contributed by atoms with Gasteiger partial charge in [0.2, 0.25) is 6.79 Å². The van der Waals surface area contributed by atoms with Gasteiger partial charge in [0.05, 0.1) is 0 Å². The van der Waals surface area contributed by atoms with Crippen molar-refractivity contribution in [3.8, 4) is 17.2 Å². The highest BCUT2D eigenvalue weighted by atomic mass is 16.7. The molecule has 0 unspecified atom stereocenters. The van der Waals surface area contributed by atoms with Gasteiger partial charge in [0, 0.05) is 24.2 Å². The molecule has 19 heavy (non-hydrogen) atoms. The lowest BCUT2D eigenvalue weighted by molar-refractivity contribution is 0.173. The summed E-state index contributed by atoms with van der Waals surface area (Å²) in [5.41, 5.74) is 1.94. The Morgan fingerprint density at radius 3 is 2.63 bits per heavy atom. The Bertz CT molecular complexity index is 583. The third kappa shape index (κ3) is 2.48. The molecule has 4 heteroatoms. The maximum Gasteiger partial charge on any atom is 0.231 e. The second-order valence-corrected chi connectivity index (χ2v) is 4.38. The fraction of sp³-hybridized carbons (Fsp3) is 0.200. The summed E-state index contributed by atoms with van der Waals surface area (Å²) in [5, 5.41) is 13.0. The number of benzene rings is 2. The molecule has 1 aliphatic heterocycles. The zero-order valence-corrected chi connectivity index (χ0v) is 10.4. The monoisotopic (exact) mass is 257 g/mol. The van der Waals surface area contributed by atoms with Gasteiger partial charge in [-0.25, -0.2) is 0 Å². The van der Waals surface area contributed by atoms with E-state index in [1.807, 2.05) is 36.4 Å². The van der Waals surface area contributed by atoms with Crippen LogP contribution >= 0.6 is 0 Å². The number of hydrogen-bond acceptors (Lipinski definition) is 4. The first-order valence-corrected chi connectivity index (χ1v) is 6.19. The Morgan fingerprint density at radius 1 is 0.947 bits per heavy atom. The zero-order chi connectivity index (χ0) is 13.1. The SMILES string of the molecule is Oc1ccccc1CNCc1cccc2c1OCO2. The average molecular weight is 257 g/mol. The van der Waals surface area contributed by atoms with E-state index in [1.165, 1.54) is 0 Å². The highest BCUT2D eigenvalue weighted by Crippen LogP contribution is 2.35. The standard InChI is InChI=1S/C15H15NO3/c17-13-6-2-1-4-11(13)8-16-9-12-5-3-7-14-15(12)19-10-18-14/h1-7,16-17H,8-10H2. The Kier molecular flexibility index (Phi) is 3.25. The topological polar surface area (TPSA) is 50.7 Å². The summed E-state index contributed by atoms with van der Waals surface area (Å²) >= 11 is 0. The summed E-state index contributed by atoms with van der Waals surface area (Å²) in [5.74, 6) is 1.92. The molecule has 1 aliphatic rings. The summed E-state index contributed by atoms with van der Waals surface area (Å²) < 4.78 is 10.8. The van der Waals surface area contributed by atoms with E-state index >= 15 is 0 Å². The minimum Gasteiger partial charge on any atom is -0.508 e. The molecule has 0 atom stereocenters. The van der Waals surface area contributed by atoms with Gasteiger partial charge < -0.3 is 19.9 Å². The number of fused-ring (bicyclic) bond motifs is 1. The van der Waals surface area contributed by atoms with Gasteiger partial charge in [0.15, 0.2) is 11.5 Å². The highest BCUT2D eigenvalue weighted by molar-refractivity contribution is 5.48. The molecule has 0 spiro atoms. The van der Waals surface area contributed by atoms with Crippen molar-refractivity contribution >= 4 is 0 Å². The third-order valence-electron chi connectivity index (χ3n) is 3.10. The van der Waals surface area contributed by atoms with Crippen LogP contribution in [-0.4, -0.2) is 11.9 Å². The van der Waals surface area contributed by atoms with E-state index in [-0.39, 0.29) is 6.79 Å². The van der Waals surface area contributed by atoms with E-state index in [1.54, 1.807) is 6.07 Å². The van der Waals surface area contributed by atoms with Crippen LogP contribution in [0.25, 0.3) is 0 Å². The minimum atomic E-state index is 0.284. The van der Waals surface area contributed by atoms with E-state index in [0.29, 0.717) is 18.8 Å². The molecular formula is C15H15NO3. The van der Waals surface area contributed by atoms with Crippen LogP contribution in [0.5, 0.6) is 17.2 Å². The van der Waals surface area contributed by atoms with Gasteiger partial charge in [-0.15, -0.1) is 0 Å². The van der Waals surface area contributed by atoms with Crippen LogP contribution < -0.4 is 14.8 Å². The number of aromatic hydroxyl groups is 1. The Morgan fingerprint density at radius 2 is 1.74 bits per heavy atom. The summed E-state index contributed by atoms with van der Waals surface area (Å²) in [6.45, 7) is 1.56. The largest absolute Gasteiger partial charge is 0.508 e. The number of hydrogen-bond donors (Lipinski definition) is 2. The maximum absolute atomic E-state index is 9.68. The van der Waals surface area contributed by atoms with Crippen molar-refractivity contribution in [2.45, 2.75) is 13.1 Å². The third-order valence-corrected chi connectivity index (χ3v) is 3.10. The number of nitrogens with one attached hydrogen (secondary N) is 1. The molecule has 2 aromatic carbocycles. The summed E-state index contributed by atoms with van der Waals surface area (Å²) in [6, 6.07) is 13.2. The Hall–Kier alpha value is -2.20. The van der Waals surface area contributed by atoms with Crippen LogP contribution in [0.4, 0.5) is 0 Å². The molecule has 0 aromatic heterocycles. The average Bonchev–Trinajstić information content (AvgIpc) is 2.90. The van der Waals surface area contributed by atoms with Gasteiger partial charge in [-0.05, 0) is 12.1 Å². The van der Waals surface area contributed by atoms with E-state index in [9.17, 15) is 5.11 Å². The second kappa shape index (κ2) is 5.20. The van der Waals surface area contributed by atoms with Gasteiger partial charge in [-0.3, -0.25) is 0 Å². The fourth-order valence-corrected chi connectivity index (χ4v) is 2.12. The van der Waals surface area contributed by atoms with Crippen molar-refractivity contribution in [1.82, 2.24) is 5.32 Å². The molecule has 0 bridgehead atoms. The maximum atomic E-state index is 9.68. The number of ether oxygens (including phenoxy) is 2. The van der Waals surface area contributed by atoms with Gasteiger partial charge in [-0.1, -0.05) is 30.3 Å². The number of phenols is 1. The second-order valence-electron chi connectivity index (χ2n) is 4.38. The molecule has 0 radical (unpaired) electrons. The fourth-order valence-electron chi connectivity index (χ4n) is 2.12. The van der Waals surface area contributed by atoms with E-state index in [2.05, 4.69) is 5.32 Å². The summed E-state index contributed by atoms with van der Waals surface area (Å²) in [4.78, 5) is 0. The summed E-state index contributed by atoms with van der Waals surface area (Å²) in [7, 11) is 0. The molecule has 1 heterocycles. The molecule has 0 fully saturated rings. The normalized spacial score (nSPS) is 12.6. The molecule has 3 rings (SSSR count). The molecule has 0 saturated heterocycles. The molecule has 2 N–H and O–H groups in total. The van der Waals surface area contributed by atoms with E-state index in [0.717, 1.165) is 22.6 Å². The smallest absolute Gasteiger partial charge is 0.231 e. The van der Waals surface area contributed by atoms with Crippen LogP contribution in [0.2, 0.25) is 0 Å². The lowest BCUT2D eigenvalue weighted by atomic mass is 10.1. The Balaban J connectivity index is 1.65. The van der Waals surface area contributed by atoms with Gasteiger partial charge in [0.25, 0.3) is 0 Å². The molecule has 4 nitrogen and oxygen atoms in total. The molecule has 0 saturated carbocycles. The van der Waals surface area contributed by atoms with Crippen molar-refractivity contribution in [3.05, 3.63) is 53.6 Å². The molecule has 2 aromatic rings. The molecule has 0 aliphatic carbocycles. The van der Waals surface area contributed by atoms with Crippen molar-refractivity contribution in [1.29, 1.82) is 0 Å². The molecule has 0 amide bonds.